The topological polar surface area (TPSA) is 74.7 Å². The van der Waals surface area contributed by atoms with Gasteiger partial charge in [-0.25, -0.2) is 0 Å². The van der Waals surface area contributed by atoms with E-state index in [9.17, 15) is 18.9 Å². The molecule has 8 atom stereocenters. The van der Waals surface area contributed by atoms with Crippen molar-refractivity contribution in [3.05, 3.63) is 48.0 Å². The van der Waals surface area contributed by atoms with Crippen LogP contribution in [-0.2, 0) is 26.9 Å². The molecule has 1 heterocycles. The zero-order chi connectivity index (χ0) is 22.5. The van der Waals surface area contributed by atoms with Crippen LogP contribution in [0, 0.1) is 34.5 Å². The molecule has 4 bridgehead atoms. The number of benzene rings is 1. The minimum atomic E-state index is -1.54. The number of imide groups is 1. The van der Waals surface area contributed by atoms with E-state index in [4.69, 9.17) is 0 Å². The molecule has 4 aliphatic carbocycles. The fourth-order valence-electron chi connectivity index (χ4n) is 8.03. The van der Waals surface area contributed by atoms with Crippen molar-refractivity contribution in [1.82, 2.24) is 4.90 Å². The van der Waals surface area contributed by atoms with Crippen molar-refractivity contribution < 1.29 is 18.9 Å². The molecular weight excluding hydrogens is 422 g/mol. The standard InChI is InChI=1S/C26H31NO4S/c1-24(2)18-10-11-25(24,20(28)13-18)15-32(31)26-19-9-8-17(12-19)21(26)22(29)27(23(26)30)14-16-6-4-3-5-7-16/h3-9,17-21,28H,10-15H2,1-2H3/t17-,18+,19+,20+,21+,25+,26-,32?/m0/s1. The second-order valence-electron chi connectivity index (χ2n) is 11.2. The lowest BCUT2D eigenvalue weighted by Crippen LogP contribution is -2.55. The Morgan fingerprint density at radius 3 is 2.53 bits per heavy atom. The van der Waals surface area contributed by atoms with Gasteiger partial charge in [-0.15, -0.1) is 0 Å². The van der Waals surface area contributed by atoms with Crippen LogP contribution in [0.5, 0.6) is 0 Å². The Kier molecular flexibility index (Phi) is 4.31. The highest BCUT2D eigenvalue weighted by Crippen LogP contribution is 2.67. The van der Waals surface area contributed by atoms with Crippen LogP contribution in [0.4, 0.5) is 0 Å². The number of fused-ring (bicyclic) bond motifs is 7. The van der Waals surface area contributed by atoms with E-state index in [1.807, 2.05) is 36.4 Å². The maximum Gasteiger partial charge on any atom is 0.249 e. The second-order valence-corrected chi connectivity index (χ2v) is 12.9. The SMILES string of the molecule is CC1(C)[C@@H]2CC[C@@]1(CS(=O)[C@]13C(=O)N(Cc4ccccc4)C(=O)[C@H]1[C@H]1C=C[C@@H]3C1)[C@H](O)C2. The average molecular weight is 454 g/mol. The normalized spacial score (nSPS) is 44.0. The van der Waals surface area contributed by atoms with Gasteiger partial charge in [0.1, 0.15) is 4.75 Å². The summed E-state index contributed by atoms with van der Waals surface area (Å²) in [6, 6.07) is 9.55. The smallest absolute Gasteiger partial charge is 0.249 e. The Hall–Kier alpha value is -1.79. The van der Waals surface area contributed by atoms with Crippen molar-refractivity contribution in [1.29, 1.82) is 0 Å². The quantitative estimate of drug-likeness (QED) is 0.549. The lowest BCUT2D eigenvalue weighted by Gasteiger charge is -2.43. The highest BCUT2D eigenvalue weighted by Gasteiger charge is 2.74. The fourth-order valence-corrected chi connectivity index (χ4v) is 10.8. The molecule has 5 nitrogen and oxygen atoms in total. The zero-order valence-corrected chi connectivity index (χ0v) is 19.5. The second kappa shape index (κ2) is 6.63. The summed E-state index contributed by atoms with van der Waals surface area (Å²) in [4.78, 5) is 28.9. The van der Waals surface area contributed by atoms with Crippen molar-refractivity contribution in [2.24, 2.45) is 34.5 Å². The van der Waals surface area contributed by atoms with Crippen LogP contribution in [0.3, 0.4) is 0 Å². The van der Waals surface area contributed by atoms with Crippen molar-refractivity contribution in [2.75, 3.05) is 5.75 Å². The monoisotopic (exact) mass is 453 g/mol. The predicted octanol–water partition coefficient (Wildman–Crippen LogP) is 3.05. The summed E-state index contributed by atoms with van der Waals surface area (Å²) in [6.07, 6.45) is 6.96. The van der Waals surface area contributed by atoms with Gasteiger partial charge in [-0.05, 0) is 48.5 Å². The first-order valence-corrected chi connectivity index (χ1v) is 13.2. The summed E-state index contributed by atoms with van der Waals surface area (Å²) in [5.41, 5.74) is 0.348. The molecule has 1 saturated heterocycles. The summed E-state index contributed by atoms with van der Waals surface area (Å²) in [5.74, 6) is -0.408. The van der Waals surface area contributed by atoms with Gasteiger partial charge >= 0.3 is 0 Å². The van der Waals surface area contributed by atoms with Gasteiger partial charge in [0.15, 0.2) is 0 Å². The molecule has 6 rings (SSSR count). The number of nitrogens with zero attached hydrogens (tertiary/aromatic N) is 1. The van der Waals surface area contributed by atoms with Crippen LogP contribution >= 0.6 is 0 Å². The van der Waals surface area contributed by atoms with Gasteiger partial charge in [0.2, 0.25) is 11.8 Å². The number of amides is 2. The van der Waals surface area contributed by atoms with Crippen molar-refractivity contribution >= 4 is 22.6 Å². The van der Waals surface area contributed by atoms with Gasteiger partial charge in [-0.3, -0.25) is 18.7 Å². The molecule has 1 aliphatic heterocycles. The summed E-state index contributed by atoms with van der Waals surface area (Å²) >= 11 is 0. The third kappa shape index (κ3) is 2.30. The molecule has 1 unspecified atom stereocenters. The van der Waals surface area contributed by atoms with E-state index < -0.39 is 33.0 Å². The number of carbonyl (C=O) groups is 2. The molecule has 2 amide bonds. The lowest BCUT2D eigenvalue weighted by atomic mass is 9.70. The molecular formula is C26H31NO4S. The van der Waals surface area contributed by atoms with E-state index in [-0.39, 0.29) is 35.6 Å². The molecule has 0 spiro atoms. The zero-order valence-electron chi connectivity index (χ0n) is 18.7. The van der Waals surface area contributed by atoms with Gasteiger partial charge in [0, 0.05) is 27.9 Å². The van der Waals surface area contributed by atoms with Crippen LogP contribution in [0.1, 0.15) is 45.1 Å². The van der Waals surface area contributed by atoms with E-state index in [0.29, 0.717) is 11.7 Å². The number of rotatable bonds is 5. The van der Waals surface area contributed by atoms with Crippen LogP contribution in [0.25, 0.3) is 0 Å². The van der Waals surface area contributed by atoms with Gasteiger partial charge in [-0.1, -0.05) is 56.3 Å². The summed E-state index contributed by atoms with van der Waals surface area (Å²) in [7, 11) is -1.54. The van der Waals surface area contributed by atoms with Crippen LogP contribution < -0.4 is 0 Å². The summed E-state index contributed by atoms with van der Waals surface area (Å²) < 4.78 is 13.2. The number of aliphatic hydroxyl groups excluding tert-OH is 1. The Morgan fingerprint density at radius 1 is 1.12 bits per heavy atom. The molecule has 0 aromatic heterocycles. The molecule has 170 valence electrons. The van der Waals surface area contributed by atoms with E-state index >= 15 is 0 Å². The number of carbonyl (C=O) groups excluding carboxylic acids is 2. The highest BCUT2D eigenvalue weighted by atomic mass is 32.2. The van der Waals surface area contributed by atoms with Crippen LogP contribution in [-0.4, -0.2) is 42.6 Å². The fraction of sp³-hybridized carbons (Fsp3) is 0.615. The van der Waals surface area contributed by atoms with Gasteiger partial charge in [0.05, 0.1) is 18.6 Å². The molecule has 5 aliphatic rings. The Bertz CT molecular complexity index is 1050. The number of hydrogen-bond donors (Lipinski definition) is 1. The third-order valence-electron chi connectivity index (χ3n) is 10.0. The minimum absolute atomic E-state index is 0.0171. The molecule has 1 aromatic rings. The van der Waals surface area contributed by atoms with Crippen molar-refractivity contribution in [2.45, 2.75) is 56.9 Å². The van der Waals surface area contributed by atoms with Gasteiger partial charge in [0.25, 0.3) is 0 Å². The molecule has 0 radical (unpaired) electrons. The van der Waals surface area contributed by atoms with Gasteiger partial charge < -0.3 is 5.11 Å². The molecule has 4 fully saturated rings. The number of likely N-dealkylation sites (tertiary alicyclic amines) is 1. The van der Waals surface area contributed by atoms with Crippen LogP contribution in [0.2, 0.25) is 0 Å². The Morgan fingerprint density at radius 2 is 1.88 bits per heavy atom. The first-order chi connectivity index (χ1) is 15.2. The Balaban J connectivity index is 1.38. The number of allylic oxidation sites excluding steroid dienone is 2. The molecule has 1 aromatic carbocycles. The number of hydrogen-bond acceptors (Lipinski definition) is 4. The number of aliphatic hydroxyl groups is 1. The molecule has 32 heavy (non-hydrogen) atoms. The summed E-state index contributed by atoms with van der Waals surface area (Å²) in [5, 5.41) is 11.0. The van der Waals surface area contributed by atoms with Crippen LogP contribution in [0.15, 0.2) is 42.5 Å². The largest absolute Gasteiger partial charge is 0.392 e. The third-order valence-corrected chi connectivity index (χ3v) is 12.3. The van der Waals surface area contributed by atoms with Gasteiger partial charge in [-0.2, -0.15) is 0 Å². The van der Waals surface area contributed by atoms with E-state index in [0.717, 1.165) is 31.2 Å². The molecule has 6 heteroatoms. The van der Waals surface area contributed by atoms with Crippen molar-refractivity contribution in [3.8, 4) is 0 Å². The first kappa shape index (κ1) is 20.8. The molecule has 1 N–H and O–H groups in total. The highest BCUT2D eigenvalue weighted by molar-refractivity contribution is 7.87. The van der Waals surface area contributed by atoms with E-state index in [1.165, 1.54) is 4.90 Å². The van der Waals surface area contributed by atoms with Crippen molar-refractivity contribution in [3.63, 3.8) is 0 Å². The first-order valence-electron chi connectivity index (χ1n) is 11.9. The lowest BCUT2D eigenvalue weighted by molar-refractivity contribution is -0.141. The van der Waals surface area contributed by atoms with E-state index in [2.05, 4.69) is 19.9 Å². The maximum absolute atomic E-state index is 14.3. The minimum Gasteiger partial charge on any atom is -0.392 e. The Labute approximate surface area is 191 Å². The predicted molar refractivity (Wildman–Crippen MR) is 122 cm³/mol. The van der Waals surface area contributed by atoms with E-state index in [1.54, 1.807) is 0 Å². The summed E-state index contributed by atoms with van der Waals surface area (Å²) in [6.45, 7) is 4.61. The molecule has 3 saturated carbocycles. The maximum atomic E-state index is 14.3. The average Bonchev–Trinajstić information content (AvgIpc) is 3.52.